The van der Waals surface area contributed by atoms with Crippen molar-refractivity contribution in [2.75, 3.05) is 24.6 Å². The lowest BCUT2D eigenvalue weighted by molar-refractivity contribution is -0.133. The van der Waals surface area contributed by atoms with Gasteiger partial charge in [0.2, 0.25) is 5.91 Å². The Morgan fingerprint density at radius 3 is 2.40 bits per heavy atom. The van der Waals surface area contributed by atoms with E-state index in [0.29, 0.717) is 12.1 Å². The molecular weight excluding hydrogens is 349 g/mol. The fourth-order valence-electron chi connectivity index (χ4n) is 3.51. The molecule has 7 nitrogen and oxygen atoms in total. The summed E-state index contributed by atoms with van der Waals surface area (Å²) in [5.74, 6) is -0.896. The fraction of sp³-hybridized carbons (Fsp3) is 0.500. The van der Waals surface area contributed by atoms with Gasteiger partial charge in [0.15, 0.2) is 9.84 Å². The predicted octanol–water partition coefficient (Wildman–Crippen LogP) is 0.365. The maximum absolute atomic E-state index is 13.7. The Morgan fingerprint density at radius 1 is 1.16 bits per heavy atom. The third-order valence-corrected chi connectivity index (χ3v) is 6.43. The molecule has 2 heterocycles. The molecule has 0 bridgehead atoms. The van der Waals surface area contributed by atoms with E-state index in [1.807, 2.05) is 0 Å². The molecule has 0 unspecified atom stereocenters. The van der Waals surface area contributed by atoms with Crippen molar-refractivity contribution >= 4 is 21.8 Å². The summed E-state index contributed by atoms with van der Waals surface area (Å²) < 4.78 is 37.7. The number of nitrogens with one attached hydrogen (secondary N) is 1. The highest BCUT2D eigenvalue weighted by Crippen LogP contribution is 2.27. The van der Waals surface area contributed by atoms with Crippen LogP contribution in [-0.2, 0) is 21.2 Å². The quantitative estimate of drug-likeness (QED) is 0.816. The first-order chi connectivity index (χ1) is 11.8. The van der Waals surface area contributed by atoms with E-state index >= 15 is 0 Å². The predicted molar refractivity (Wildman–Crippen MR) is 89.0 cm³/mol. The van der Waals surface area contributed by atoms with Crippen LogP contribution in [0.25, 0.3) is 0 Å². The zero-order chi connectivity index (χ0) is 18.2. The van der Waals surface area contributed by atoms with Gasteiger partial charge in [-0.15, -0.1) is 0 Å². The van der Waals surface area contributed by atoms with Gasteiger partial charge >= 0.3 is 6.03 Å². The summed E-state index contributed by atoms with van der Waals surface area (Å²) in [7, 11) is -3.31. The van der Waals surface area contributed by atoms with Crippen molar-refractivity contribution in [3.8, 4) is 0 Å². The molecule has 0 radical (unpaired) electrons. The summed E-state index contributed by atoms with van der Waals surface area (Å²) in [5, 5.41) is 2.64. The van der Waals surface area contributed by atoms with Crippen LogP contribution >= 0.6 is 0 Å². The molecule has 2 fully saturated rings. The van der Waals surface area contributed by atoms with Crippen molar-refractivity contribution < 1.29 is 22.4 Å². The average Bonchev–Trinajstić information content (AvgIpc) is 2.87. The van der Waals surface area contributed by atoms with E-state index in [1.54, 1.807) is 18.2 Å². The van der Waals surface area contributed by atoms with E-state index in [4.69, 9.17) is 0 Å². The van der Waals surface area contributed by atoms with Crippen molar-refractivity contribution in [1.82, 2.24) is 15.1 Å². The monoisotopic (exact) mass is 369 g/mol. The second kappa shape index (κ2) is 6.62. The Morgan fingerprint density at radius 2 is 1.76 bits per heavy atom. The van der Waals surface area contributed by atoms with Gasteiger partial charge in [-0.05, 0) is 6.07 Å². The second-order valence-electron chi connectivity index (χ2n) is 6.37. The number of rotatable bonds is 2. The van der Waals surface area contributed by atoms with E-state index < -0.39 is 33.8 Å². The number of hydrogen-bond acceptors (Lipinski definition) is 4. The first-order valence-electron chi connectivity index (χ1n) is 8.04. The van der Waals surface area contributed by atoms with Crippen LogP contribution in [0.1, 0.15) is 12.5 Å². The molecule has 0 aliphatic carbocycles. The minimum absolute atomic E-state index is 0.0164. The van der Waals surface area contributed by atoms with E-state index in [2.05, 4.69) is 5.32 Å². The molecule has 0 aromatic heterocycles. The van der Waals surface area contributed by atoms with Crippen molar-refractivity contribution in [1.29, 1.82) is 0 Å². The smallest absolute Gasteiger partial charge is 0.318 e. The number of halogens is 1. The zero-order valence-corrected chi connectivity index (χ0v) is 14.6. The highest BCUT2D eigenvalue weighted by Gasteiger charge is 2.48. The lowest BCUT2D eigenvalue weighted by atomic mass is 10.1. The summed E-state index contributed by atoms with van der Waals surface area (Å²) in [6.45, 7) is 1.96. The van der Waals surface area contributed by atoms with E-state index in [-0.39, 0.29) is 30.5 Å². The van der Waals surface area contributed by atoms with Gasteiger partial charge in [0.1, 0.15) is 5.82 Å². The first-order valence-corrected chi connectivity index (χ1v) is 9.86. The van der Waals surface area contributed by atoms with Gasteiger partial charge in [-0.1, -0.05) is 18.2 Å². The third-order valence-electron chi connectivity index (χ3n) is 4.73. The molecule has 2 atom stereocenters. The number of hydrogen-bond donors (Lipinski definition) is 1. The molecule has 0 spiro atoms. The second-order valence-corrected chi connectivity index (χ2v) is 8.52. The lowest BCUT2D eigenvalue weighted by Gasteiger charge is -2.43. The number of fused-ring (bicyclic) bond motifs is 1. The van der Waals surface area contributed by atoms with Crippen LogP contribution in [0, 0.1) is 5.82 Å². The number of sulfone groups is 1. The Bertz CT molecular complexity index is 798. The third kappa shape index (κ3) is 3.60. The van der Waals surface area contributed by atoms with E-state index in [1.165, 1.54) is 22.8 Å². The minimum atomic E-state index is -3.31. The molecule has 3 amide bonds. The highest BCUT2D eigenvalue weighted by molar-refractivity contribution is 7.91. The number of carbonyl (C=O) groups excluding carboxylic acids is 2. The van der Waals surface area contributed by atoms with Crippen LogP contribution in [0.3, 0.4) is 0 Å². The summed E-state index contributed by atoms with van der Waals surface area (Å²) in [4.78, 5) is 27.2. The summed E-state index contributed by atoms with van der Waals surface area (Å²) in [6, 6.07) is 4.60. The maximum Gasteiger partial charge on any atom is 0.318 e. The van der Waals surface area contributed by atoms with Crippen molar-refractivity contribution in [3.63, 3.8) is 0 Å². The van der Waals surface area contributed by atoms with Crippen LogP contribution in [0.5, 0.6) is 0 Å². The molecule has 25 heavy (non-hydrogen) atoms. The molecule has 1 aromatic rings. The largest absolute Gasteiger partial charge is 0.335 e. The number of amides is 3. The number of benzene rings is 1. The Hall–Kier alpha value is -2.16. The standard InChI is InChI=1S/C16H20FN3O4S/c1-11(21)19-6-7-20(15-10-25(23,24)9-14(15)19)16(22)18-8-12-4-2-3-5-13(12)17/h2-5,14-15H,6-10H2,1H3,(H,18,22)/t14-,15+/m1/s1. The van der Waals surface area contributed by atoms with E-state index in [9.17, 15) is 22.4 Å². The zero-order valence-electron chi connectivity index (χ0n) is 13.8. The topological polar surface area (TPSA) is 86.8 Å². The van der Waals surface area contributed by atoms with Gasteiger partial charge in [-0.25, -0.2) is 17.6 Å². The van der Waals surface area contributed by atoms with Crippen molar-refractivity contribution in [3.05, 3.63) is 35.6 Å². The van der Waals surface area contributed by atoms with Gasteiger partial charge in [0.05, 0.1) is 23.6 Å². The maximum atomic E-state index is 13.7. The Kier molecular flexibility index (Phi) is 4.68. The van der Waals surface area contributed by atoms with Gasteiger partial charge in [0.25, 0.3) is 0 Å². The van der Waals surface area contributed by atoms with Crippen LogP contribution in [-0.4, -0.2) is 66.8 Å². The molecule has 1 N–H and O–H groups in total. The van der Waals surface area contributed by atoms with Crippen LogP contribution in [0.15, 0.2) is 24.3 Å². The van der Waals surface area contributed by atoms with Gasteiger partial charge in [-0.3, -0.25) is 4.79 Å². The molecule has 2 aliphatic rings. The Labute approximate surface area is 145 Å². The number of piperazine rings is 1. The van der Waals surface area contributed by atoms with Crippen LogP contribution < -0.4 is 5.32 Å². The minimum Gasteiger partial charge on any atom is -0.335 e. The summed E-state index contributed by atoms with van der Waals surface area (Å²) >= 11 is 0. The number of urea groups is 1. The molecular formula is C16H20FN3O4S. The first kappa shape index (κ1) is 17.7. The van der Waals surface area contributed by atoms with Crippen LogP contribution in [0.4, 0.5) is 9.18 Å². The highest BCUT2D eigenvalue weighted by atomic mass is 32.2. The SMILES string of the molecule is CC(=O)N1CCN(C(=O)NCc2ccccc2F)[C@H]2CS(=O)(=O)C[C@H]21. The number of nitrogens with zero attached hydrogens (tertiary/aromatic N) is 2. The summed E-state index contributed by atoms with van der Waals surface area (Å²) in [5.41, 5.74) is 0.355. The average molecular weight is 369 g/mol. The molecule has 3 rings (SSSR count). The molecule has 2 aliphatic heterocycles. The van der Waals surface area contributed by atoms with Gasteiger partial charge in [-0.2, -0.15) is 0 Å². The molecule has 9 heteroatoms. The van der Waals surface area contributed by atoms with Crippen LogP contribution in [0.2, 0.25) is 0 Å². The fourth-order valence-corrected chi connectivity index (χ4v) is 5.49. The lowest BCUT2D eigenvalue weighted by Crippen LogP contribution is -2.63. The normalized spacial score (nSPS) is 24.7. The van der Waals surface area contributed by atoms with Gasteiger partial charge in [0, 0.05) is 32.1 Å². The summed E-state index contributed by atoms with van der Waals surface area (Å²) in [6.07, 6.45) is 0. The van der Waals surface area contributed by atoms with Gasteiger partial charge < -0.3 is 15.1 Å². The molecule has 2 saturated heterocycles. The number of carbonyl (C=O) groups is 2. The van der Waals surface area contributed by atoms with E-state index in [0.717, 1.165) is 0 Å². The Balaban J connectivity index is 1.72. The molecule has 0 saturated carbocycles. The van der Waals surface area contributed by atoms with Crippen molar-refractivity contribution in [2.45, 2.75) is 25.6 Å². The molecule has 1 aromatic carbocycles. The molecule has 136 valence electrons. The van der Waals surface area contributed by atoms with Crippen molar-refractivity contribution in [2.24, 2.45) is 0 Å².